The number of aryl methyl sites for hydroxylation is 1. The van der Waals surface area contributed by atoms with Gasteiger partial charge >= 0.3 is 0 Å². The summed E-state index contributed by atoms with van der Waals surface area (Å²) in [5.41, 5.74) is 2.18. The van der Waals surface area contributed by atoms with Crippen LogP contribution in [0.5, 0.6) is 0 Å². The number of benzene rings is 2. The number of ketones is 1. The third kappa shape index (κ3) is 5.88. The number of amides is 2. The largest absolute Gasteiger partial charge is 0.326 e. The van der Waals surface area contributed by atoms with E-state index in [0.29, 0.717) is 11.4 Å². The molecule has 5 nitrogen and oxygen atoms in total. The van der Waals surface area contributed by atoms with Crippen LogP contribution in [0.3, 0.4) is 0 Å². The molecule has 0 aliphatic heterocycles. The van der Waals surface area contributed by atoms with Gasteiger partial charge in [-0.1, -0.05) is 45.0 Å². The second kappa shape index (κ2) is 10.0. The summed E-state index contributed by atoms with van der Waals surface area (Å²) in [6, 6.07) is 13.7. The van der Waals surface area contributed by atoms with Crippen molar-refractivity contribution >= 4 is 29.0 Å². The van der Waals surface area contributed by atoms with Gasteiger partial charge in [0, 0.05) is 12.6 Å². The zero-order chi connectivity index (χ0) is 18.8. The maximum absolute atomic E-state index is 12.3. The van der Waals surface area contributed by atoms with Crippen LogP contribution in [0.2, 0.25) is 0 Å². The molecule has 132 valence electrons. The number of para-hydroxylation sites is 1. The summed E-state index contributed by atoms with van der Waals surface area (Å²) in [7, 11) is 0. The van der Waals surface area contributed by atoms with Crippen molar-refractivity contribution < 1.29 is 14.4 Å². The van der Waals surface area contributed by atoms with Gasteiger partial charge in [0.25, 0.3) is 11.7 Å². The molecule has 2 N–H and O–H groups in total. The molecule has 0 atom stereocenters. The van der Waals surface area contributed by atoms with Crippen LogP contribution < -0.4 is 10.6 Å². The fourth-order valence-corrected chi connectivity index (χ4v) is 2.11. The Morgan fingerprint density at radius 1 is 0.880 bits per heavy atom. The van der Waals surface area contributed by atoms with Crippen molar-refractivity contribution in [2.45, 2.75) is 34.1 Å². The minimum absolute atomic E-state index is 0.158. The van der Waals surface area contributed by atoms with Crippen LogP contribution in [0.25, 0.3) is 0 Å². The van der Waals surface area contributed by atoms with Crippen molar-refractivity contribution in [3.05, 3.63) is 59.7 Å². The fourth-order valence-electron chi connectivity index (χ4n) is 2.11. The van der Waals surface area contributed by atoms with Crippen molar-refractivity contribution in [1.82, 2.24) is 0 Å². The summed E-state index contributed by atoms with van der Waals surface area (Å²) < 4.78 is 0. The maximum atomic E-state index is 12.3. The molecule has 0 aliphatic rings. The molecule has 0 aliphatic carbocycles. The Morgan fingerprint density at radius 2 is 1.48 bits per heavy atom. The highest BCUT2D eigenvalue weighted by Gasteiger charge is 2.19. The summed E-state index contributed by atoms with van der Waals surface area (Å²) in [4.78, 5) is 35.6. The molecule has 2 amide bonds. The average Bonchev–Trinajstić information content (AvgIpc) is 2.63. The summed E-state index contributed by atoms with van der Waals surface area (Å²) in [6.45, 7) is 7.38. The molecule has 0 unspecified atom stereocenters. The summed E-state index contributed by atoms with van der Waals surface area (Å²) in [5.74, 6) is -1.75. The van der Waals surface area contributed by atoms with Crippen LogP contribution in [0.4, 0.5) is 11.4 Å². The molecule has 0 saturated carbocycles. The van der Waals surface area contributed by atoms with Crippen molar-refractivity contribution in [3.63, 3.8) is 0 Å². The first kappa shape index (κ1) is 20.1. The molecule has 0 radical (unpaired) electrons. The SMILES string of the molecule is CC.CCc1ccc(NC(=O)C(=O)c2ccccc2NC(C)=O)cc1. The predicted octanol–water partition coefficient (Wildman–Crippen LogP) is 4.06. The molecule has 0 fully saturated rings. The number of rotatable bonds is 5. The van der Waals surface area contributed by atoms with Gasteiger partial charge in [-0.15, -0.1) is 0 Å². The van der Waals surface area contributed by atoms with E-state index in [9.17, 15) is 14.4 Å². The van der Waals surface area contributed by atoms with Crippen molar-refractivity contribution in [1.29, 1.82) is 0 Å². The molecular weight excluding hydrogens is 316 g/mol. The zero-order valence-corrected chi connectivity index (χ0v) is 15.1. The van der Waals surface area contributed by atoms with Crippen molar-refractivity contribution in [2.24, 2.45) is 0 Å². The van der Waals surface area contributed by atoms with E-state index in [0.717, 1.165) is 12.0 Å². The molecular formula is C20H24N2O3. The number of hydrogen-bond acceptors (Lipinski definition) is 3. The Labute approximate surface area is 148 Å². The van der Waals surface area contributed by atoms with E-state index < -0.39 is 11.7 Å². The van der Waals surface area contributed by atoms with E-state index in [4.69, 9.17) is 0 Å². The zero-order valence-electron chi connectivity index (χ0n) is 15.1. The summed E-state index contributed by atoms with van der Waals surface area (Å²) >= 11 is 0. The topological polar surface area (TPSA) is 75.3 Å². The van der Waals surface area contributed by atoms with Gasteiger partial charge in [-0.2, -0.15) is 0 Å². The van der Waals surface area contributed by atoms with Crippen molar-refractivity contribution in [2.75, 3.05) is 10.6 Å². The van der Waals surface area contributed by atoms with Crippen LogP contribution >= 0.6 is 0 Å². The van der Waals surface area contributed by atoms with Crippen LogP contribution in [0.15, 0.2) is 48.5 Å². The Morgan fingerprint density at radius 3 is 2.04 bits per heavy atom. The molecule has 0 bridgehead atoms. The van der Waals surface area contributed by atoms with Gasteiger partial charge in [0.2, 0.25) is 5.91 Å². The van der Waals surface area contributed by atoms with Crippen LogP contribution in [0, 0.1) is 0 Å². The second-order valence-electron chi connectivity index (χ2n) is 5.06. The van der Waals surface area contributed by atoms with Gasteiger partial charge in [-0.3, -0.25) is 14.4 Å². The molecule has 2 aromatic carbocycles. The Hall–Kier alpha value is -2.95. The Kier molecular flexibility index (Phi) is 8.06. The van der Waals surface area contributed by atoms with E-state index in [1.807, 2.05) is 32.9 Å². The van der Waals surface area contributed by atoms with Gasteiger partial charge < -0.3 is 10.6 Å². The maximum Gasteiger partial charge on any atom is 0.296 e. The molecule has 25 heavy (non-hydrogen) atoms. The average molecular weight is 340 g/mol. The highest BCUT2D eigenvalue weighted by atomic mass is 16.2. The van der Waals surface area contributed by atoms with Crippen LogP contribution in [-0.2, 0) is 16.0 Å². The van der Waals surface area contributed by atoms with E-state index in [1.165, 1.54) is 13.0 Å². The number of anilines is 2. The van der Waals surface area contributed by atoms with Gasteiger partial charge in [0.15, 0.2) is 0 Å². The smallest absolute Gasteiger partial charge is 0.296 e. The molecule has 2 rings (SSSR count). The van der Waals surface area contributed by atoms with E-state index in [-0.39, 0.29) is 11.5 Å². The lowest BCUT2D eigenvalue weighted by Gasteiger charge is -2.09. The van der Waals surface area contributed by atoms with E-state index >= 15 is 0 Å². The lowest BCUT2D eigenvalue weighted by atomic mass is 10.1. The summed E-state index contributed by atoms with van der Waals surface area (Å²) in [5, 5.41) is 5.12. The minimum Gasteiger partial charge on any atom is -0.326 e. The number of hydrogen-bond donors (Lipinski definition) is 2. The Bertz CT molecular complexity index is 737. The lowest BCUT2D eigenvalue weighted by Crippen LogP contribution is -2.24. The van der Waals surface area contributed by atoms with E-state index in [1.54, 1.807) is 30.3 Å². The first-order chi connectivity index (χ1) is 12.0. The fraction of sp³-hybridized carbons (Fsp3) is 0.250. The molecule has 5 heteroatoms. The normalized spacial score (nSPS) is 9.44. The van der Waals surface area contributed by atoms with Gasteiger partial charge in [0.1, 0.15) is 0 Å². The molecule has 0 aromatic heterocycles. The van der Waals surface area contributed by atoms with Crippen LogP contribution in [0.1, 0.15) is 43.6 Å². The summed E-state index contributed by atoms with van der Waals surface area (Å²) in [6.07, 6.45) is 0.900. The standard InChI is InChI=1S/C18H18N2O3.C2H6/c1-3-13-8-10-14(11-9-13)20-18(23)17(22)15-6-4-5-7-16(15)19-12(2)21;1-2/h4-11H,3H2,1-2H3,(H,19,21)(H,20,23);1-2H3. The lowest BCUT2D eigenvalue weighted by molar-refractivity contribution is -0.114. The molecule has 0 spiro atoms. The third-order valence-electron chi connectivity index (χ3n) is 3.31. The first-order valence-electron chi connectivity index (χ1n) is 8.32. The molecule has 0 heterocycles. The highest BCUT2D eigenvalue weighted by molar-refractivity contribution is 6.47. The monoisotopic (exact) mass is 340 g/mol. The third-order valence-corrected chi connectivity index (χ3v) is 3.31. The number of nitrogens with one attached hydrogen (secondary N) is 2. The first-order valence-corrected chi connectivity index (χ1v) is 8.32. The van der Waals surface area contributed by atoms with E-state index in [2.05, 4.69) is 10.6 Å². The highest BCUT2D eigenvalue weighted by Crippen LogP contribution is 2.17. The van der Waals surface area contributed by atoms with Crippen molar-refractivity contribution in [3.8, 4) is 0 Å². The minimum atomic E-state index is -0.743. The predicted molar refractivity (Wildman–Crippen MR) is 101 cm³/mol. The number of carbonyl (C=O) groups is 3. The molecule has 2 aromatic rings. The number of Topliss-reactive ketones (excluding diaryl/α,β-unsaturated/α-hetero) is 1. The van der Waals surface area contributed by atoms with Gasteiger partial charge in [0.05, 0.1) is 11.3 Å². The number of carbonyl (C=O) groups excluding carboxylic acids is 3. The van der Waals surface area contributed by atoms with Gasteiger partial charge in [-0.25, -0.2) is 0 Å². The van der Waals surface area contributed by atoms with Gasteiger partial charge in [-0.05, 0) is 36.2 Å². The Balaban J connectivity index is 0.00000151. The second-order valence-corrected chi connectivity index (χ2v) is 5.06. The van der Waals surface area contributed by atoms with Crippen LogP contribution in [-0.4, -0.2) is 17.6 Å². The quantitative estimate of drug-likeness (QED) is 0.637. The molecule has 0 saturated heterocycles.